The molecule has 1 fully saturated rings. The monoisotopic (exact) mass is 218 g/mol. The molecule has 0 saturated heterocycles. The van der Waals surface area contributed by atoms with E-state index in [2.05, 4.69) is 37.4 Å². The highest BCUT2D eigenvalue weighted by Crippen LogP contribution is 2.44. The number of rotatable bonds is 5. The van der Waals surface area contributed by atoms with Crippen LogP contribution in [0.15, 0.2) is 18.2 Å². The number of hydrogen-bond acceptors (Lipinski definition) is 2. The number of anilines is 1. The number of nitrogens with one attached hydrogen (secondary N) is 1. The Morgan fingerprint density at radius 2 is 2.12 bits per heavy atom. The molecule has 0 amide bonds. The Balaban J connectivity index is 2.08. The summed E-state index contributed by atoms with van der Waals surface area (Å²) >= 11 is 0. The van der Waals surface area contributed by atoms with Gasteiger partial charge in [0.1, 0.15) is 0 Å². The number of nitrogens with two attached hydrogens (primary N) is 1. The number of benzene rings is 1. The van der Waals surface area contributed by atoms with Crippen LogP contribution in [0, 0.1) is 12.3 Å². The topological polar surface area (TPSA) is 38.0 Å². The van der Waals surface area contributed by atoms with E-state index in [9.17, 15) is 0 Å². The van der Waals surface area contributed by atoms with Crippen molar-refractivity contribution in [2.24, 2.45) is 11.1 Å². The lowest BCUT2D eigenvalue weighted by Gasteiger charge is -2.18. The van der Waals surface area contributed by atoms with Crippen molar-refractivity contribution in [3.8, 4) is 0 Å². The second-order valence-electron chi connectivity index (χ2n) is 5.02. The van der Waals surface area contributed by atoms with E-state index in [0.717, 1.165) is 19.5 Å². The predicted molar refractivity (Wildman–Crippen MR) is 69.8 cm³/mol. The molecule has 2 nitrogen and oxygen atoms in total. The van der Waals surface area contributed by atoms with Crippen LogP contribution in [0.25, 0.3) is 0 Å². The second kappa shape index (κ2) is 4.46. The third-order valence-electron chi connectivity index (χ3n) is 3.77. The van der Waals surface area contributed by atoms with Crippen molar-refractivity contribution in [1.29, 1.82) is 0 Å². The standard InChI is InChI=1S/C14H22N2/c1-3-12-6-4-5-11(2)13(12)16-10-14(9-15)7-8-14/h4-6,16H,3,7-10,15H2,1-2H3. The maximum atomic E-state index is 5.80. The van der Waals surface area contributed by atoms with Gasteiger partial charge in [0.15, 0.2) is 0 Å². The fourth-order valence-electron chi connectivity index (χ4n) is 2.18. The molecule has 16 heavy (non-hydrogen) atoms. The molecule has 0 heterocycles. The minimum Gasteiger partial charge on any atom is -0.384 e. The Morgan fingerprint density at radius 1 is 1.38 bits per heavy atom. The molecule has 88 valence electrons. The van der Waals surface area contributed by atoms with Gasteiger partial charge >= 0.3 is 0 Å². The van der Waals surface area contributed by atoms with Crippen LogP contribution in [0.3, 0.4) is 0 Å². The van der Waals surface area contributed by atoms with E-state index in [0.29, 0.717) is 5.41 Å². The Labute approximate surface area is 98.2 Å². The summed E-state index contributed by atoms with van der Waals surface area (Å²) in [5, 5.41) is 3.61. The molecule has 1 aromatic rings. The van der Waals surface area contributed by atoms with Crippen LogP contribution in [-0.4, -0.2) is 13.1 Å². The fourth-order valence-corrected chi connectivity index (χ4v) is 2.18. The summed E-state index contributed by atoms with van der Waals surface area (Å²) in [5.74, 6) is 0. The molecule has 1 aliphatic carbocycles. The van der Waals surface area contributed by atoms with Crippen LogP contribution in [0.2, 0.25) is 0 Å². The second-order valence-corrected chi connectivity index (χ2v) is 5.02. The third kappa shape index (κ3) is 2.22. The van der Waals surface area contributed by atoms with Crippen molar-refractivity contribution in [2.75, 3.05) is 18.4 Å². The van der Waals surface area contributed by atoms with Crippen molar-refractivity contribution in [3.05, 3.63) is 29.3 Å². The minimum absolute atomic E-state index is 0.396. The van der Waals surface area contributed by atoms with Crippen LogP contribution >= 0.6 is 0 Å². The average Bonchev–Trinajstić information content (AvgIpc) is 3.08. The summed E-state index contributed by atoms with van der Waals surface area (Å²) < 4.78 is 0. The Morgan fingerprint density at radius 3 is 2.69 bits per heavy atom. The van der Waals surface area contributed by atoms with Crippen LogP contribution in [0.5, 0.6) is 0 Å². The van der Waals surface area contributed by atoms with Crippen molar-refractivity contribution < 1.29 is 0 Å². The third-order valence-corrected chi connectivity index (χ3v) is 3.77. The van der Waals surface area contributed by atoms with Gasteiger partial charge < -0.3 is 11.1 Å². The molecule has 0 aliphatic heterocycles. The highest BCUT2D eigenvalue weighted by molar-refractivity contribution is 5.57. The zero-order chi connectivity index (χ0) is 11.6. The lowest BCUT2D eigenvalue weighted by Crippen LogP contribution is -2.24. The first kappa shape index (κ1) is 11.5. The molecule has 2 rings (SSSR count). The molecule has 0 bridgehead atoms. The van der Waals surface area contributed by atoms with E-state index in [1.165, 1.54) is 29.7 Å². The van der Waals surface area contributed by atoms with Gasteiger partial charge in [0.2, 0.25) is 0 Å². The number of hydrogen-bond donors (Lipinski definition) is 2. The molecule has 2 heteroatoms. The Kier molecular flexibility index (Phi) is 3.20. The SMILES string of the molecule is CCc1cccc(C)c1NCC1(CN)CC1. The molecule has 0 unspecified atom stereocenters. The summed E-state index contributed by atoms with van der Waals surface area (Å²) in [5.41, 5.74) is 10.3. The highest BCUT2D eigenvalue weighted by atomic mass is 14.9. The number of para-hydroxylation sites is 1. The normalized spacial score (nSPS) is 17.2. The quantitative estimate of drug-likeness (QED) is 0.797. The van der Waals surface area contributed by atoms with Gasteiger partial charge in [0.05, 0.1) is 0 Å². The van der Waals surface area contributed by atoms with Crippen LogP contribution < -0.4 is 11.1 Å². The molecular weight excluding hydrogens is 196 g/mol. The zero-order valence-corrected chi connectivity index (χ0v) is 10.3. The summed E-state index contributed by atoms with van der Waals surface area (Å²) in [4.78, 5) is 0. The summed E-state index contributed by atoms with van der Waals surface area (Å²) in [7, 11) is 0. The van der Waals surface area contributed by atoms with Crippen molar-refractivity contribution >= 4 is 5.69 Å². The van der Waals surface area contributed by atoms with E-state index < -0.39 is 0 Å². The van der Waals surface area contributed by atoms with Gasteiger partial charge in [-0.15, -0.1) is 0 Å². The maximum Gasteiger partial charge on any atom is 0.0402 e. The molecule has 0 spiro atoms. The molecule has 1 aliphatic rings. The largest absolute Gasteiger partial charge is 0.384 e. The van der Waals surface area contributed by atoms with Crippen molar-refractivity contribution in [2.45, 2.75) is 33.1 Å². The van der Waals surface area contributed by atoms with E-state index in [-0.39, 0.29) is 0 Å². The summed E-state index contributed by atoms with van der Waals surface area (Å²) in [6.45, 7) is 6.22. The first-order valence-corrected chi connectivity index (χ1v) is 6.23. The van der Waals surface area contributed by atoms with Crippen LogP contribution in [0.4, 0.5) is 5.69 Å². The summed E-state index contributed by atoms with van der Waals surface area (Å²) in [6.07, 6.45) is 3.65. The molecule has 1 saturated carbocycles. The van der Waals surface area contributed by atoms with E-state index in [4.69, 9.17) is 5.73 Å². The summed E-state index contributed by atoms with van der Waals surface area (Å²) in [6, 6.07) is 6.51. The van der Waals surface area contributed by atoms with E-state index >= 15 is 0 Å². The van der Waals surface area contributed by atoms with Gasteiger partial charge in [-0.2, -0.15) is 0 Å². The maximum absolute atomic E-state index is 5.80. The van der Waals surface area contributed by atoms with Crippen LogP contribution in [-0.2, 0) is 6.42 Å². The molecule has 3 N–H and O–H groups in total. The van der Waals surface area contributed by atoms with Gasteiger partial charge in [-0.25, -0.2) is 0 Å². The van der Waals surface area contributed by atoms with E-state index in [1.807, 2.05) is 0 Å². The first-order valence-electron chi connectivity index (χ1n) is 6.23. The molecule has 1 aromatic carbocycles. The smallest absolute Gasteiger partial charge is 0.0402 e. The lowest BCUT2D eigenvalue weighted by atomic mass is 10.0. The predicted octanol–water partition coefficient (Wildman–Crippen LogP) is 2.71. The molecule has 0 radical (unpaired) electrons. The van der Waals surface area contributed by atoms with Gasteiger partial charge in [-0.1, -0.05) is 25.1 Å². The zero-order valence-electron chi connectivity index (χ0n) is 10.3. The molecular formula is C14H22N2. The van der Waals surface area contributed by atoms with Crippen LogP contribution in [0.1, 0.15) is 30.9 Å². The van der Waals surface area contributed by atoms with E-state index in [1.54, 1.807) is 0 Å². The van der Waals surface area contributed by atoms with Crippen molar-refractivity contribution in [1.82, 2.24) is 0 Å². The van der Waals surface area contributed by atoms with Gasteiger partial charge in [-0.05, 0) is 49.3 Å². The minimum atomic E-state index is 0.396. The highest BCUT2D eigenvalue weighted by Gasteiger charge is 2.40. The number of aryl methyl sites for hydroxylation is 2. The van der Waals surface area contributed by atoms with Gasteiger partial charge in [-0.3, -0.25) is 0 Å². The Bertz CT molecular complexity index is 367. The first-order chi connectivity index (χ1) is 7.71. The molecule has 0 aromatic heterocycles. The Hall–Kier alpha value is -1.02. The van der Waals surface area contributed by atoms with Gasteiger partial charge in [0, 0.05) is 12.2 Å². The van der Waals surface area contributed by atoms with Gasteiger partial charge in [0.25, 0.3) is 0 Å². The average molecular weight is 218 g/mol. The van der Waals surface area contributed by atoms with Crippen molar-refractivity contribution in [3.63, 3.8) is 0 Å². The fraction of sp³-hybridized carbons (Fsp3) is 0.571. The lowest BCUT2D eigenvalue weighted by molar-refractivity contribution is 0.555. The molecule has 0 atom stereocenters.